The van der Waals surface area contributed by atoms with E-state index in [1.165, 1.54) is 4.68 Å². The maximum Gasteiger partial charge on any atom is 0.288 e. The van der Waals surface area contributed by atoms with Crippen LogP contribution in [0.1, 0.15) is 16.7 Å². The Morgan fingerprint density at radius 2 is 1.45 bits per heavy atom. The summed E-state index contributed by atoms with van der Waals surface area (Å²) in [5, 5.41) is 10.8. The standard InChI is InChI=1S/C25H21ClN4O/c26-24-23(17-28-30(25(24)31)19-22-14-8-3-9-15-22)29(18-21-12-6-2-7-13-21)27-16-20-10-4-1-5-11-20/h1-17H,18-19H2. The highest BCUT2D eigenvalue weighted by Gasteiger charge is 2.16. The minimum atomic E-state index is -0.351. The minimum absolute atomic E-state index is 0.0899. The molecular formula is C25H21ClN4O. The molecule has 0 bridgehead atoms. The molecule has 0 saturated heterocycles. The minimum Gasteiger partial charge on any atom is -0.266 e. The fourth-order valence-electron chi connectivity index (χ4n) is 3.13. The molecule has 1 heterocycles. The van der Waals surface area contributed by atoms with Gasteiger partial charge in [0.2, 0.25) is 0 Å². The molecule has 0 aliphatic heterocycles. The molecule has 0 spiro atoms. The average molecular weight is 429 g/mol. The van der Waals surface area contributed by atoms with Crippen LogP contribution in [0.25, 0.3) is 0 Å². The van der Waals surface area contributed by atoms with Crippen LogP contribution in [0.15, 0.2) is 107 Å². The predicted octanol–water partition coefficient (Wildman–Crippen LogP) is 4.99. The number of nitrogens with zero attached hydrogens (tertiary/aromatic N) is 4. The Morgan fingerprint density at radius 3 is 2.10 bits per heavy atom. The smallest absolute Gasteiger partial charge is 0.266 e. The van der Waals surface area contributed by atoms with Crippen molar-refractivity contribution >= 4 is 23.5 Å². The fraction of sp³-hybridized carbons (Fsp3) is 0.0800. The molecule has 154 valence electrons. The molecule has 4 rings (SSSR count). The van der Waals surface area contributed by atoms with Crippen LogP contribution in [-0.4, -0.2) is 16.0 Å². The normalized spacial score (nSPS) is 11.0. The van der Waals surface area contributed by atoms with Crippen LogP contribution < -0.4 is 10.6 Å². The van der Waals surface area contributed by atoms with Crippen LogP contribution in [-0.2, 0) is 13.1 Å². The van der Waals surface area contributed by atoms with Gasteiger partial charge in [-0.15, -0.1) is 0 Å². The lowest BCUT2D eigenvalue weighted by molar-refractivity contribution is 0.636. The van der Waals surface area contributed by atoms with Gasteiger partial charge in [0.1, 0.15) is 10.7 Å². The van der Waals surface area contributed by atoms with Crippen LogP contribution in [0.2, 0.25) is 5.02 Å². The highest BCUT2D eigenvalue weighted by Crippen LogP contribution is 2.23. The van der Waals surface area contributed by atoms with Gasteiger partial charge in [0.15, 0.2) is 0 Å². The summed E-state index contributed by atoms with van der Waals surface area (Å²) in [6.45, 7) is 0.805. The number of halogens is 1. The van der Waals surface area contributed by atoms with Crippen molar-refractivity contribution in [1.82, 2.24) is 9.78 Å². The van der Waals surface area contributed by atoms with Crippen molar-refractivity contribution in [2.24, 2.45) is 5.10 Å². The van der Waals surface area contributed by atoms with Crippen molar-refractivity contribution in [3.63, 3.8) is 0 Å². The fourth-order valence-corrected chi connectivity index (χ4v) is 3.37. The highest BCUT2D eigenvalue weighted by atomic mass is 35.5. The molecule has 0 atom stereocenters. The van der Waals surface area contributed by atoms with Gasteiger partial charge in [-0.3, -0.25) is 9.80 Å². The molecule has 1 aromatic heterocycles. The molecular weight excluding hydrogens is 408 g/mol. The highest BCUT2D eigenvalue weighted by molar-refractivity contribution is 6.33. The maximum atomic E-state index is 12.9. The molecule has 0 radical (unpaired) electrons. The third kappa shape index (κ3) is 5.27. The summed E-state index contributed by atoms with van der Waals surface area (Å²) >= 11 is 6.52. The van der Waals surface area contributed by atoms with Crippen LogP contribution >= 0.6 is 11.6 Å². The second kappa shape index (κ2) is 9.87. The second-order valence-corrected chi connectivity index (χ2v) is 7.37. The molecule has 0 aliphatic rings. The van der Waals surface area contributed by atoms with E-state index in [1.807, 2.05) is 91.0 Å². The Bertz CT molecular complexity index is 1210. The van der Waals surface area contributed by atoms with Gasteiger partial charge in [-0.1, -0.05) is 103 Å². The summed E-state index contributed by atoms with van der Waals surface area (Å²) in [5.74, 6) is 0. The third-order valence-corrected chi connectivity index (χ3v) is 5.10. The van der Waals surface area contributed by atoms with E-state index < -0.39 is 0 Å². The second-order valence-electron chi connectivity index (χ2n) is 6.99. The number of benzene rings is 3. The third-order valence-electron chi connectivity index (χ3n) is 4.74. The van der Waals surface area contributed by atoms with E-state index in [9.17, 15) is 4.79 Å². The topological polar surface area (TPSA) is 50.5 Å². The monoisotopic (exact) mass is 428 g/mol. The van der Waals surface area contributed by atoms with Gasteiger partial charge in [0.05, 0.1) is 25.5 Å². The summed E-state index contributed by atoms with van der Waals surface area (Å²) in [6, 6.07) is 29.3. The van der Waals surface area contributed by atoms with Crippen molar-refractivity contribution < 1.29 is 0 Å². The Labute approximate surface area is 185 Å². The zero-order chi connectivity index (χ0) is 21.5. The van der Waals surface area contributed by atoms with Gasteiger partial charge in [-0.2, -0.15) is 10.2 Å². The van der Waals surface area contributed by atoms with E-state index >= 15 is 0 Å². The summed E-state index contributed by atoms with van der Waals surface area (Å²) in [4.78, 5) is 12.9. The Morgan fingerprint density at radius 1 is 0.871 bits per heavy atom. The van der Waals surface area contributed by atoms with E-state index in [-0.39, 0.29) is 10.6 Å². The number of anilines is 1. The Balaban J connectivity index is 1.67. The molecule has 6 heteroatoms. The van der Waals surface area contributed by atoms with Gasteiger partial charge in [0.25, 0.3) is 5.56 Å². The lowest BCUT2D eigenvalue weighted by atomic mass is 10.2. The lowest BCUT2D eigenvalue weighted by Crippen LogP contribution is -2.27. The van der Waals surface area contributed by atoms with Crippen LogP contribution in [0.4, 0.5) is 5.69 Å². The largest absolute Gasteiger partial charge is 0.288 e. The quantitative estimate of drug-likeness (QED) is 0.308. The summed E-state index contributed by atoms with van der Waals surface area (Å²) < 4.78 is 1.36. The molecule has 0 fully saturated rings. The van der Waals surface area contributed by atoms with Gasteiger partial charge >= 0.3 is 0 Å². The van der Waals surface area contributed by atoms with E-state index in [2.05, 4.69) is 10.2 Å². The molecule has 0 saturated carbocycles. The van der Waals surface area contributed by atoms with Crippen LogP contribution in [0.3, 0.4) is 0 Å². The molecule has 0 amide bonds. The number of rotatable bonds is 7. The van der Waals surface area contributed by atoms with Crippen molar-refractivity contribution in [3.05, 3.63) is 129 Å². The zero-order valence-corrected chi connectivity index (χ0v) is 17.6. The number of hydrogen-bond acceptors (Lipinski definition) is 4. The van der Waals surface area contributed by atoms with E-state index in [1.54, 1.807) is 17.4 Å². The molecule has 4 aromatic rings. The van der Waals surface area contributed by atoms with Gasteiger partial charge < -0.3 is 0 Å². The predicted molar refractivity (Wildman–Crippen MR) is 126 cm³/mol. The first-order valence-electron chi connectivity index (χ1n) is 9.91. The first-order chi connectivity index (χ1) is 15.2. The van der Waals surface area contributed by atoms with Gasteiger partial charge in [-0.25, -0.2) is 4.68 Å². The first-order valence-corrected chi connectivity index (χ1v) is 10.3. The Hall–Kier alpha value is -3.70. The molecule has 31 heavy (non-hydrogen) atoms. The zero-order valence-electron chi connectivity index (χ0n) is 16.8. The SMILES string of the molecule is O=c1c(Cl)c(N(Cc2ccccc2)N=Cc2ccccc2)cnn1Cc1ccccc1. The van der Waals surface area contributed by atoms with Crippen molar-refractivity contribution in [1.29, 1.82) is 0 Å². The number of hydrogen-bond donors (Lipinski definition) is 0. The van der Waals surface area contributed by atoms with E-state index in [4.69, 9.17) is 11.6 Å². The molecule has 0 unspecified atom stereocenters. The summed E-state index contributed by atoms with van der Waals surface area (Å²) in [6.07, 6.45) is 3.34. The van der Waals surface area contributed by atoms with Gasteiger partial charge in [-0.05, 0) is 16.7 Å². The summed E-state index contributed by atoms with van der Waals surface area (Å²) in [5.41, 5.74) is 3.08. The molecule has 0 N–H and O–H groups in total. The number of aromatic nitrogens is 2. The Kier molecular flexibility index (Phi) is 6.55. The summed E-state index contributed by atoms with van der Waals surface area (Å²) in [7, 11) is 0. The van der Waals surface area contributed by atoms with E-state index in [0.29, 0.717) is 18.8 Å². The maximum absolute atomic E-state index is 12.9. The van der Waals surface area contributed by atoms with Gasteiger partial charge in [0, 0.05) is 0 Å². The average Bonchev–Trinajstić information content (AvgIpc) is 2.82. The van der Waals surface area contributed by atoms with Crippen molar-refractivity contribution in [2.75, 3.05) is 5.01 Å². The first kappa shape index (κ1) is 20.6. The van der Waals surface area contributed by atoms with Crippen LogP contribution in [0.5, 0.6) is 0 Å². The number of hydrazone groups is 1. The van der Waals surface area contributed by atoms with Crippen molar-refractivity contribution in [3.8, 4) is 0 Å². The van der Waals surface area contributed by atoms with E-state index in [0.717, 1.165) is 16.7 Å². The van der Waals surface area contributed by atoms with Crippen molar-refractivity contribution in [2.45, 2.75) is 13.1 Å². The molecule has 0 aliphatic carbocycles. The lowest BCUT2D eigenvalue weighted by Gasteiger charge is -2.20. The molecule has 5 nitrogen and oxygen atoms in total. The van der Waals surface area contributed by atoms with Crippen LogP contribution in [0, 0.1) is 0 Å². The molecule has 3 aromatic carbocycles.